The summed E-state index contributed by atoms with van der Waals surface area (Å²) in [5.74, 6) is 1.10. The molecule has 0 aliphatic carbocycles. The summed E-state index contributed by atoms with van der Waals surface area (Å²) in [5, 5.41) is 0. The number of imidazole rings is 1. The monoisotopic (exact) mass is 338 g/mol. The van der Waals surface area contributed by atoms with Crippen molar-refractivity contribution in [3.05, 3.63) is 47.7 Å². The molecule has 1 saturated heterocycles. The molecule has 25 heavy (non-hydrogen) atoms. The number of amides is 1. The largest absolute Gasteiger partial charge is 0.382 e. The number of rotatable bonds is 2. The quantitative estimate of drug-likeness (QED) is 0.732. The fourth-order valence-corrected chi connectivity index (χ4v) is 3.06. The Morgan fingerprint density at radius 2 is 2.20 bits per heavy atom. The number of aryl methyl sites for hydroxylation is 1. The summed E-state index contributed by atoms with van der Waals surface area (Å²) in [4.78, 5) is 30.4. The number of anilines is 1. The predicted molar refractivity (Wildman–Crippen MR) is 91.9 cm³/mol. The van der Waals surface area contributed by atoms with Crippen LogP contribution in [0.2, 0.25) is 0 Å². The summed E-state index contributed by atoms with van der Waals surface area (Å²) >= 11 is 0. The van der Waals surface area contributed by atoms with E-state index in [-0.39, 0.29) is 12.0 Å². The van der Waals surface area contributed by atoms with Crippen molar-refractivity contribution in [3.8, 4) is 0 Å². The number of ether oxygens (including phenoxy) is 1. The normalized spacial score (nSPS) is 17.8. The third kappa shape index (κ3) is 2.91. The Hall–Kier alpha value is -3.00. The number of benzene rings is 1. The molecule has 0 bridgehead atoms. The van der Waals surface area contributed by atoms with Gasteiger partial charge in [-0.3, -0.25) is 9.78 Å². The number of fused-ring (bicyclic) bond motifs is 1. The molecule has 0 spiro atoms. The first-order chi connectivity index (χ1) is 12.1. The van der Waals surface area contributed by atoms with Gasteiger partial charge in [-0.15, -0.1) is 0 Å². The maximum absolute atomic E-state index is 12.9. The third-order valence-electron chi connectivity index (χ3n) is 4.26. The second kappa shape index (κ2) is 6.14. The molecule has 0 radical (unpaired) electrons. The number of nitrogens with two attached hydrogens (primary N) is 1. The highest BCUT2D eigenvalue weighted by molar-refractivity contribution is 5.97. The van der Waals surface area contributed by atoms with Crippen molar-refractivity contribution < 1.29 is 9.53 Å². The van der Waals surface area contributed by atoms with Crippen LogP contribution in [-0.2, 0) is 4.74 Å². The van der Waals surface area contributed by atoms with Gasteiger partial charge in [0.1, 0.15) is 23.4 Å². The first kappa shape index (κ1) is 15.5. The van der Waals surface area contributed by atoms with Crippen molar-refractivity contribution in [3.63, 3.8) is 0 Å². The minimum atomic E-state index is -0.371. The van der Waals surface area contributed by atoms with Gasteiger partial charge < -0.3 is 20.4 Å². The average Bonchev–Trinajstić information content (AvgIpc) is 3.00. The van der Waals surface area contributed by atoms with Crippen LogP contribution < -0.4 is 5.73 Å². The number of aromatic amines is 1. The van der Waals surface area contributed by atoms with Gasteiger partial charge in [-0.05, 0) is 25.1 Å². The highest BCUT2D eigenvalue weighted by Gasteiger charge is 2.28. The Kier molecular flexibility index (Phi) is 3.81. The van der Waals surface area contributed by atoms with E-state index < -0.39 is 0 Å². The van der Waals surface area contributed by atoms with Crippen LogP contribution in [0.15, 0.2) is 30.6 Å². The van der Waals surface area contributed by atoms with Crippen LogP contribution in [0.5, 0.6) is 0 Å². The maximum atomic E-state index is 12.9. The Bertz CT molecular complexity index is 938. The molecule has 8 heteroatoms. The maximum Gasteiger partial charge on any atom is 0.254 e. The van der Waals surface area contributed by atoms with Crippen molar-refractivity contribution in [2.24, 2.45) is 0 Å². The van der Waals surface area contributed by atoms with E-state index >= 15 is 0 Å². The van der Waals surface area contributed by atoms with Crippen LogP contribution in [-0.4, -0.2) is 50.4 Å². The Morgan fingerprint density at radius 3 is 3.04 bits per heavy atom. The molecule has 2 aromatic heterocycles. The van der Waals surface area contributed by atoms with Gasteiger partial charge in [0.25, 0.3) is 5.91 Å². The zero-order chi connectivity index (χ0) is 17.4. The van der Waals surface area contributed by atoms with E-state index in [1.54, 1.807) is 17.2 Å². The lowest BCUT2D eigenvalue weighted by molar-refractivity contribution is -0.0245. The van der Waals surface area contributed by atoms with Crippen molar-refractivity contribution in [1.82, 2.24) is 24.8 Å². The summed E-state index contributed by atoms with van der Waals surface area (Å²) < 4.78 is 5.74. The van der Waals surface area contributed by atoms with Gasteiger partial charge in [0.05, 0.1) is 24.2 Å². The summed E-state index contributed by atoms with van der Waals surface area (Å²) in [6.45, 7) is 3.23. The van der Waals surface area contributed by atoms with E-state index in [9.17, 15) is 4.79 Å². The molecule has 0 unspecified atom stereocenters. The number of hydrogen-bond donors (Lipinski definition) is 2. The van der Waals surface area contributed by atoms with Crippen LogP contribution in [0, 0.1) is 6.92 Å². The SMILES string of the molecule is Cc1nc2ccc(C(=O)N3CCO[C@H](c4nccnc4N)C3)cc2[nH]1. The smallest absolute Gasteiger partial charge is 0.254 e. The van der Waals surface area contributed by atoms with E-state index in [0.29, 0.717) is 36.8 Å². The predicted octanol–water partition coefficient (Wildman–Crippen LogP) is 1.46. The zero-order valence-corrected chi connectivity index (χ0v) is 13.8. The van der Waals surface area contributed by atoms with Gasteiger partial charge in [-0.25, -0.2) is 9.97 Å². The molecule has 1 aliphatic heterocycles. The molecule has 1 atom stereocenters. The highest BCUT2D eigenvalue weighted by Crippen LogP contribution is 2.25. The zero-order valence-electron chi connectivity index (χ0n) is 13.8. The fourth-order valence-electron chi connectivity index (χ4n) is 3.06. The number of carbonyl (C=O) groups is 1. The third-order valence-corrected chi connectivity index (χ3v) is 4.26. The number of nitrogens with one attached hydrogen (secondary N) is 1. The Balaban J connectivity index is 1.57. The van der Waals surface area contributed by atoms with Crippen molar-refractivity contribution in [2.45, 2.75) is 13.0 Å². The van der Waals surface area contributed by atoms with E-state index in [0.717, 1.165) is 16.9 Å². The first-order valence-corrected chi connectivity index (χ1v) is 8.05. The van der Waals surface area contributed by atoms with Crippen LogP contribution in [0.3, 0.4) is 0 Å². The van der Waals surface area contributed by atoms with Crippen LogP contribution >= 0.6 is 0 Å². The van der Waals surface area contributed by atoms with Gasteiger partial charge in [0.2, 0.25) is 0 Å². The molecule has 8 nitrogen and oxygen atoms in total. The summed E-state index contributed by atoms with van der Waals surface area (Å²) in [6, 6.07) is 5.48. The van der Waals surface area contributed by atoms with Crippen molar-refractivity contribution >= 4 is 22.8 Å². The van der Waals surface area contributed by atoms with E-state index in [2.05, 4.69) is 19.9 Å². The second-order valence-corrected chi connectivity index (χ2v) is 5.99. The van der Waals surface area contributed by atoms with E-state index in [1.165, 1.54) is 6.20 Å². The fraction of sp³-hybridized carbons (Fsp3) is 0.294. The number of hydrogen-bond acceptors (Lipinski definition) is 6. The van der Waals surface area contributed by atoms with Crippen LogP contribution in [0.25, 0.3) is 11.0 Å². The molecule has 3 N–H and O–H groups in total. The van der Waals surface area contributed by atoms with Gasteiger partial charge in [0.15, 0.2) is 0 Å². The van der Waals surface area contributed by atoms with Gasteiger partial charge >= 0.3 is 0 Å². The number of morpholine rings is 1. The lowest BCUT2D eigenvalue weighted by Gasteiger charge is -2.32. The van der Waals surface area contributed by atoms with E-state index in [1.807, 2.05) is 19.1 Å². The lowest BCUT2D eigenvalue weighted by atomic mass is 10.1. The number of carbonyl (C=O) groups excluding carboxylic acids is 1. The standard InChI is InChI=1S/C17H18N6O2/c1-10-21-12-3-2-11(8-13(12)22-10)17(24)23-6-7-25-14(9-23)15-16(18)20-5-4-19-15/h2-5,8,14H,6-7,9H2,1H3,(H2,18,20)(H,21,22)/t14-/m0/s1. The number of H-pyrrole nitrogens is 1. The molecule has 0 saturated carbocycles. The molecule has 128 valence electrons. The molecule has 4 rings (SSSR count). The molecule has 3 heterocycles. The number of nitrogen functional groups attached to an aromatic ring is 1. The topological polar surface area (TPSA) is 110 Å². The Morgan fingerprint density at radius 1 is 1.36 bits per heavy atom. The second-order valence-electron chi connectivity index (χ2n) is 5.99. The highest BCUT2D eigenvalue weighted by atomic mass is 16.5. The molecule has 3 aromatic rings. The van der Waals surface area contributed by atoms with Gasteiger partial charge in [-0.2, -0.15) is 0 Å². The Labute approximate surface area is 144 Å². The van der Waals surface area contributed by atoms with Gasteiger partial charge in [-0.1, -0.05) is 0 Å². The molecular formula is C17H18N6O2. The molecule has 1 fully saturated rings. The van der Waals surface area contributed by atoms with Crippen molar-refractivity contribution in [1.29, 1.82) is 0 Å². The average molecular weight is 338 g/mol. The summed E-state index contributed by atoms with van der Waals surface area (Å²) in [5.41, 5.74) is 8.77. The van der Waals surface area contributed by atoms with Gasteiger partial charge in [0, 0.05) is 24.5 Å². The van der Waals surface area contributed by atoms with Crippen molar-refractivity contribution in [2.75, 3.05) is 25.4 Å². The molecular weight excluding hydrogens is 320 g/mol. The minimum absolute atomic E-state index is 0.0510. The molecule has 1 aliphatic rings. The number of aromatic nitrogens is 4. The molecule has 1 aromatic carbocycles. The van der Waals surface area contributed by atoms with E-state index in [4.69, 9.17) is 10.5 Å². The summed E-state index contributed by atoms with van der Waals surface area (Å²) in [6.07, 6.45) is 2.74. The van der Waals surface area contributed by atoms with Crippen LogP contribution in [0.1, 0.15) is 28.0 Å². The lowest BCUT2D eigenvalue weighted by Crippen LogP contribution is -2.42. The number of nitrogens with zero attached hydrogens (tertiary/aromatic N) is 4. The van der Waals surface area contributed by atoms with Crippen LogP contribution in [0.4, 0.5) is 5.82 Å². The first-order valence-electron chi connectivity index (χ1n) is 8.05. The summed E-state index contributed by atoms with van der Waals surface area (Å²) in [7, 11) is 0. The molecule has 1 amide bonds. The minimum Gasteiger partial charge on any atom is -0.382 e.